The van der Waals surface area contributed by atoms with Crippen molar-refractivity contribution in [3.05, 3.63) is 40.2 Å². The third-order valence-electron chi connectivity index (χ3n) is 5.09. The van der Waals surface area contributed by atoms with Gasteiger partial charge >= 0.3 is 0 Å². The number of H-pyrrole nitrogens is 1. The van der Waals surface area contributed by atoms with Crippen LogP contribution in [0.1, 0.15) is 25.1 Å². The summed E-state index contributed by atoms with van der Waals surface area (Å²) in [6.07, 6.45) is -2.69. The molecule has 3 aromatic rings. The molecule has 0 saturated carbocycles. The maximum Gasteiger partial charge on any atom is 0.280 e. The van der Waals surface area contributed by atoms with E-state index in [0.717, 1.165) is 6.42 Å². The van der Waals surface area contributed by atoms with E-state index in [2.05, 4.69) is 25.5 Å². The molecule has 1 aliphatic rings. The largest absolute Gasteiger partial charge is 0.493 e. The molecule has 13 heteroatoms. The molecule has 1 aromatic carbocycles. The first-order valence-electron chi connectivity index (χ1n) is 10.4. The Morgan fingerprint density at radius 1 is 1.33 bits per heavy atom. The monoisotopic (exact) mass is 459 g/mol. The highest BCUT2D eigenvalue weighted by molar-refractivity contribution is 5.84. The average molecular weight is 459 g/mol. The Hall–Kier alpha value is -3.52. The average Bonchev–Trinajstić information content (AvgIpc) is 3.30. The molecule has 4 atom stereocenters. The van der Waals surface area contributed by atoms with E-state index in [-0.39, 0.29) is 23.1 Å². The predicted octanol–water partition coefficient (Wildman–Crippen LogP) is -0.452. The van der Waals surface area contributed by atoms with Crippen LogP contribution < -0.4 is 21.5 Å². The first kappa shape index (κ1) is 22.7. The molecule has 0 spiro atoms. The second-order valence-corrected chi connectivity index (χ2v) is 7.41. The van der Waals surface area contributed by atoms with Crippen molar-refractivity contribution in [2.45, 2.75) is 37.9 Å². The molecular weight excluding hydrogens is 434 g/mol. The van der Waals surface area contributed by atoms with E-state index in [1.165, 1.54) is 10.8 Å². The van der Waals surface area contributed by atoms with Crippen LogP contribution >= 0.6 is 0 Å². The summed E-state index contributed by atoms with van der Waals surface area (Å²) < 4.78 is 12.6. The summed E-state index contributed by atoms with van der Waals surface area (Å²) in [6.45, 7) is 2.03. The number of rotatable bonds is 8. The molecule has 176 valence electrons. The zero-order valence-electron chi connectivity index (χ0n) is 17.8. The number of nitrogen functional groups attached to an aromatic ring is 1. The Morgan fingerprint density at radius 3 is 2.85 bits per heavy atom. The van der Waals surface area contributed by atoms with E-state index >= 15 is 0 Å². The Bertz CT molecular complexity index is 1210. The number of aliphatic hydroxyl groups is 3. The van der Waals surface area contributed by atoms with E-state index in [9.17, 15) is 20.1 Å². The molecule has 0 aliphatic carbocycles. The Balaban J connectivity index is 1.71. The number of para-hydroxylation sites is 1. The SMILES string of the molecule is CCCOc1ccccc1/C=N\Nc1nc2c(=O)[nH]c(N)nc2n1[C@@H]1O[C@H](CO)[C@H](O)[C@H]1O. The third kappa shape index (κ3) is 4.39. The number of imidazole rings is 1. The van der Waals surface area contributed by atoms with E-state index < -0.39 is 36.7 Å². The van der Waals surface area contributed by atoms with Gasteiger partial charge in [-0.15, -0.1) is 0 Å². The molecule has 0 radical (unpaired) electrons. The Kier molecular flexibility index (Phi) is 6.55. The number of aromatic amines is 1. The van der Waals surface area contributed by atoms with Gasteiger partial charge in [0.2, 0.25) is 11.9 Å². The predicted molar refractivity (Wildman–Crippen MR) is 119 cm³/mol. The number of nitrogens with zero attached hydrogens (tertiary/aromatic N) is 4. The number of benzene rings is 1. The first-order valence-corrected chi connectivity index (χ1v) is 10.4. The summed E-state index contributed by atoms with van der Waals surface area (Å²) in [6, 6.07) is 7.32. The lowest BCUT2D eigenvalue weighted by Gasteiger charge is -2.18. The number of ether oxygens (including phenoxy) is 2. The van der Waals surface area contributed by atoms with Crippen LogP contribution in [0.2, 0.25) is 0 Å². The molecule has 13 nitrogen and oxygen atoms in total. The lowest BCUT2D eigenvalue weighted by molar-refractivity contribution is -0.0501. The fourth-order valence-corrected chi connectivity index (χ4v) is 3.50. The van der Waals surface area contributed by atoms with Gasteiger partial charge in [0.1, 0.15) is 24.1 Å². The molecule has 0 unspecified atom stereocenters. The molecule has 2 aromatic heterocycles. The summed E-state index contributed by atoms with van der Waals surface area (Å²) >= 11 is 0. The van der Waals surface area contributed by atoms with E-state index in [1.807, 2.05) is 31.2 Å². The Labute approximate surface area is 187 Å². The van der Waals surface area contributed by atoms with Crippen molar-refractivity contribution < 1.29 is 24.8 Å². The van der Waals surface area contributed by atoms with Gasteiger partial charge in [-0.25, -0.2) is 10.4 Å². The van der Waals surface area contributed by atoms with Crippen molar-refractivity contribution in [1.29, 1.82) is 0 Å². The van der Waals surface area contributed by atoms with Crippen LogP contribution in [0.15, 0.2) is 34.2 Å². The number of hydrazone groups is 1. The van der Waals surface area contributed by atoms with Crippen LogP contribution in [0.25, 0.3) is 11.2 Å². The molecule has 1 saturated heterocycles. The number of fused-ring (bicyclic) bond motifs is 1. The van der Waals surface area contributed by atoms with Crippen LogP contribution in [-0.4, -0.2) is 72.6 Å². The maximum absolute atomic E-state index is 12.4. The number of nitrogens with two attached hydrogens (primary N) is 1. The minimum absolute atomic E-state index is 0.00616. The molecule has 0 amide bonds. The topological polar surface area (TPSA) is 193 Å². The maximum atomic E-state index is 12.4. The fraction of sp³-hybridized carbons (Fsp3) is 0.400. The van der Waals surface area contributed by atoms with Gasteiger partial charge in [0.25, 0.3) is 5.56 Å². The van der Waals surface area contributed by atoms with Crippen molar-refractivity contribution in [3.8, 4) is 5.75 Å². The number of aromatic nitrogens is 4. The highest BCUT2D eigenvalue weighted by Gasteiger charge is 2.45. The number of hydrogen-bond acceptors (Lipinski definition) is 11. The van der Waals surface area contributed by atoms with Gasteiger partial charge < -0.3 is 30.5 Å². The lowest BCUT2D eigenvalue weighted by Crippen LogP contribution is -2.33. The number of nitrogens with one attached hydrogen (secondary N) is 2. The summed E-state index contributed by atoms with van der Waals surface area (Å²) in [5.74, 6) is 0.483. The summed E-state index contributed by atoms with van der Waals surface area (Å²) in [4.78, 5) is 23.0. The van der Waals surface area contributed by atoms with Gasteiger partial charge in [-0.2, -0.15) is 10.1 Å². The standard InChI is InChI=1S/C20H25N7O6/c1-2-7-32-11-6-4-3-5-10(11)8-22-26-20-23-13-16(24-19(21)25-17(13)31)27(20)18-15(30)14(29)12(9-28)33-18/h3-6,8,12,14-15,18,28-30H,2,7,9H2,1H3,(H,23,26)(H3,21,24,25,31)/b22-8-/t12-,14+,15-,18-/m1/s1. The van der Waals surface area contributed by atoms with Crippen molar-refractivity contribution in [3.63, 3.8) is 0 Å². The quantitative estimate of drug-likeness (QED) is 0.190. The zero-order chi connectivity index (χ0) is 23.5. The van der Waals surface area contributed by atoms with Gasteiger partial charge in [0, 0.05) is 5.56 Å². The fourth-order valence-electron chi connectivity index (χ4n) is 3.50. The summed E-state index contributed by atoms with van der Waals surface area (Å²) in [5, 5.41) is 34.3. The van der Waals surface area contributed by atoms with Gasteiger partial charge in [0.15, 0.2) is 17.4 Å². The van der Waals surface area contributed by atoms with Crippen LogP contribution in [0.4, 0.5) is 11.9 Å². The molecule has 33 heavy (non-hydrogen) atoms. The summed E-state index contributed by atoms with van der Waals surface area (Å²) in [5.41, 5.74) is 8.44. The van der Waals surface area contributed by atoms with Crippen LogP contribution in [0, 0.1) is 0 Å². The third-order valence-corrected chi connectivity index (χ3v) is 5.09. The molecule has 1 aliphatic heterocycles. The number of hydrogen-bond donors (Lipinski definition) is 6. The van der Waals surface area contributed by atoms with E-state index in [4.69, 9.17) is 15.2 Å². The number of aliphatic hydroxyl groups excluding tert-OH is 3. The minimum Gasteiger partial charge on any atom is -0.493 e. The normalized spacial score (nSPS) is 22.9. The van der Waals surface area contributed by atoms with Crippen LogP contribution in [-0.2, 0) is 4.74 Å². The van der Waals surface area contributed by atoms with Crippen LogP contribution in [0.5, 0.6) is 5.75 Å². The zero-order valence-corrected chi connectivity index (χ0v) is 17.8. The number of anilines is 2. The molecule has 3 heterocycles. The van der Waals surface area contributed by atoms with E-state index in [0.29, 0.717) is 17.9 Å². The highest BCUT2D eigenvalue weighted by atomic mass is 16.6. The first-order chi connectivity index (χ1) is 15.9. The molecule has 7 N–H and O–H groups in total. The smallest absolute Gasteiger partial charge is 0.280 e. The summed E-state index contributed by atoms with van der Waals surface area (Å²) in [7, 11) is 0. The lowest BCUT2D eigenvalue weighted by atomic mass is 10.1. The van der Waals surface area contributed by atoms with Gasteiger partial charge in [0.05, 0.1) is 19.4 Å². The van der Waals surface area contributed by atoms with Gasteiger partial charge in [-0.05, 0) is 18.6 Å². The molecule has 1 fully saturated rings. The molecule has 0 bridgehead atoms. The van der Waals surface area contributed by atoms with Gasteiger partial charge in [-0.3, -0.25) is 14.3 Å². The van der Waals surface area contributed by atoms with Crippen molar-refractivity contribution in [1.82, 2.24) is 19.5 Å². The van der Waals surface area contributed by atoms with Crippen molar-refractivity contribution >= 4 is 29.3 Å². The van der Waals surface area contributed by atoms with Crippen LogP contribution in [0.3, 0.4) is 0 Å². The molecular formula is C20H25N7O6. The van der Waals surface area contributed by atoms with Gasteiger partial charge in [-0.1, -0.05) is 19.1 Å². The second-order valence-electron chi connectivity index (χ2n) is 7.41. The van der Waals surface area contributed by atoms with Crippen molar-refractivity contribution in [2.24, 2.45) is 5.10 Å². The van der Waals surface area contributed by atoms with E-state index in [1.54, 1.807) is 0 Å². The Morgan fingerprint density at radius 2 is 2.12 bits per heavy atom. The highest BCUT2D eigenvalue weighted by Crippen LogP contribution is 2.34. The minimum atomic E-state index is -1.44. The second kappa shape index (κ2) is 9.54. The van der Waals surface area contributed by atoms with Crippen molar-refractivity contribution in [2.75, 3.05) is 24.4 Å². The molecule has 4 rings (SSSR count).